The van der Waals surface area contributed by atoms with E-state index < -0.39 is 0 Å². The fourth-order valence-corrected chi connectivity index (χ4v) is 3.09. The van der Waals surface area contributed by atoms with Crippen molar-refractivity contribution in [3.05, 3.63) is 37.5 Å². The third-order valence-corrected chi connectivity index (χ3v) is 4.34. The van der Waals surface area contributed by atoms with Crippen LogP contribution in [-0.4, -0.2) is 11.5 Å². The largest absolute Gasteiger partial charge is 0.369 e. The van der Waals surface area contributed by atoms with Gasteiger partial charge in [-0.25, -0.2) is 4.98 Å². The summed E-state index contributed by atoms with van der Waals surface area (Å²) in [4.78, 5) is 5.53. The summed E-state index contributed by atoms with van der Waals surface area (Å²) in [7, 11) is 0. The number of aromatic nitrogens is 1. The summed E-state index contributed by atoms with van der Waals surface area (Å²) in [5.74, 6) is 1.25. The fraction of sp³-hybridized carbons (Fsp3) is 0.308. The normalized spacial score (nSPS) is 10.6. The van der Waals surface area contributed by atoms with Crippen LogP contribution in [-0.2, 0) is 6.54 Å². The molecule has 108 valence electrons. The van der Waals surface area contributed by atoms with Gasteiger partial charge in [-0.3, -0.25) is 0 Å². The van der Waals surface area contributed by atoms with Gasteiger partial charge in [-0.1, -0.05) is 41.7 Å². The van der Waals surface area contributed by atoms with Crippen molar-refractivity contribution in [3.63, 3.8) is 0 Å². The second kappa shape index (κ2) is 7.36. The Morgan fingerprint density at radius 3 is 2.40 bits per heavy atom. The van der Waals surface area contributed by atoms with E-state index in [0.717, 1.165) is 22.2 Å². The molecule has 0 saturated carbocycles. The fourth-order valence-electron chi connectivity index (χ4n) is 1.58. The molecule has 0 unspecified atom stereocenters. The SMILES string of the molecule is CCCNc1nc(NCc2ccc(Cl)s2)c(Cl)cc1Cl. The zero-order valence-electron chi connectivity index (χ0n) is 10.8. The standard InChI is InChI=1S/C13H14Cl3N3S/c1-2-5-17-12-9(14)6-10(15)13(19-12)18-7-8-3-4-11(16)20-8/h3-4,6H,2,5,7H2,1H3,(H2,17,18,19). The summed E-state index contributed by atoms with van der Waals surface area (Å²) in [5.41, 5.74) is 0. The first kappa shape index (κ1) is 15.7. The third-order valence-electron chi connectivity index (χ3n) is 2.53. The van der Waals surface area contributed by atoms with Gasteiger partial charge >= 0.3 is 0 Å². The number of anilines is 2. The lowest BCUT2D eigenvalue weighted by molar-refractivity contribution is 0.968. The highest BCUT2D eigenvalue weighted by molar-refractivity contribution is 7.16. The first-order valence-electron chi connectivity index (χ1n) is 6.18. The van der Waals surface area contributed by atoms with Crippen molar-refractivity contribution in [2.75, 3.05) is 17.2 Å². The van der Waals surface area contributed by atoms with Crippen LogP contribution in [0.1, 0.15) is 18.2 Å². The average molecular weight is 351 g/mol. The minimum Gasteiger partial charge on any atom is -0.369 e. The number of hydrogen-bond acceptors (Lipinski definition) is 4. The zero-order valence-corrected chi connectivity index (χ0v) is 13.9. The smallest absolute Gasteiger partial charge is 0.147 e. The molecule has 0 aliphatic carbocycles. The van der Waals surface area contributed by atoms with E-state index >= 15 is 0 Å². The van der Waals surface area contributed by atoms with Crippen molar-refractivity contribution >= 4 is 57.8 Å². The minimum atomic E-state index is 0.500. The van der Waals surface area contributed by atoms with E-state index in [1.54, 1.807) is 6.07 Å². The second-order valence-corrected chi connectivity index (χ2v) is 6.75. The first-order chi connectivity index (χ1) is 9.60. The Morgan fingerprint density at radius 1 is 1.10 bits per heavy atom. The van der Waals surface area contributed by atoms with Crippen LogP contribution in [0.5, 0.6) is 0 Å². The number of hydrogen-bond donors (Lipinski definition) is 2. The maximum Gasteiger partial charge on any atom is 0.147 e. The van der Waals surface area contributed by atoms with Crippen LogP contribution >= 0.6 is 46.1 Å². The highest BCUT2D eigenvalue weighted by Crippen LogP contribution is 2.30. The molecule has 0 spiro atoms. The molecule has 0 radical (unpaired) electrons. The highest BCUT2D eigenvalue weighted by atomic mass is 35.5. The van der Waals surface area contributed by atoms with Crippen LogP contribution in [0.15, 0.2) is 18.2 Å². The lowest BCUT2D eigenvalue weighted by Gasteiger charge is -2.11. The number of pyridine rings is 1. The Balaban J connectivity index is 2.09. The van der Waals surface area contributed by atoms with Crippen molar-refractivity contribution in [1.29, 1.82) is 0 Å². The molecule has 0 amide bonds. The number of halogens is 3. The van der Waals surface area contributed by atoms with Crippen LogP contribution in [0.25, 0.3) is 0 Å². The van der Waals surface area contributed by atoms with E-state index in [9.17, 15) is 0 Å². The molecule has 0 fully saturated rings. The van der Waals surface area contributed by atoms with Gasteiger partial charge in [0.2, 0.25) is 0 Å². The van der Waals surface area contributed by atoms with Gasteiger partial charge in [-0.05, 0) is 24.6 Å². The molecule has 2 aromatic heterocycles. The van der Waals surface area contributed by atoms with Crippen molar-refractivity contribution in [3.8, 4) is 0 Å². The number of thiophene rings is 1. The van der Waals surface area contributed by atoms with Crippen molar-refractivity contribution in [2.45, 2.75) is 19.9 Å². The Bertz CT molecular complexity index is 586. The number of rotatable bonds is 6. The molecule has 0 aromatic carbocycles. The molecule has 7 heteroatoms. The molecule has 2 rings (SSSR count). The number of nitrogens with zero attached hydrogens (tertiary/aromatic N) is 1. The van der Waals surface area contributed by atoms with E-state index in [1.165, 1.54) is 11.3 Å². The molecule has 3 nitrogen and oxygen atoms in total. The topological polar surface area (TPSA) is 37.0 Å². The molecule has 2 N–H and O–H groups in total. The third kappa shape index (κ3) is 4.16. The lowest BCUT2D eigenvalue weighted by Crippen LogP contribution is -2.06. The molecule has 0 aliphatic rings. The summed E-state index contributed by atoms with van der Waals surface area (Å²) in [6.07, 6.45) is 0.997. The zero-order chi connectivity index (χ0) is 14.5. The molecule has 0 saturated heterocycles. The van der Waals surface area contributed by atoms with E-state index in [4.69, 9.17) is 34.8 Å². The van der Waals surface area contributed by atoms with Gasteiger partial charge < -0.3 is 10.6 Å². The average Bonchev–Trinajstić information content (AvgIpc) is 2.82. The first-order valence-corrected chi connectivity index (χ1v) is 8.13. The lowest BCUT2D eigenvalue weighted by atomic mass is 10.4. The van der Waals surface area contributed by atoms with Gasteiger partial charge in [0, 0.05) is 11.4 Å². The predicted octanol–water partition coefficient (Wildman–Crippen LogP) is 5.54. The Kier molecular flexibility index (Phi) is 5.78. The Labute approximate surface area is 137 Å². The van der Waals surface area contributed by atoms with Crippen molar-refractivity contribution in [2.24, 2.45) is 0 Å². The van der Waals surface area contributed by atoms with Gasteiger partial charge in [-0.15, -0.1) is 11.3 Å². The molecule has 0 atom stereocenters. The summed E-state index contributed by atoms with van der Waals surface area (Å²) in [6.45, 7) is 3.52. The van der Waals surface area contributed by atoms with Gasteiger partial charge in [0.25, 0.3) is 0 Å². The highest BCUT2D eigenvalue weighted by Gasteiger charge is 2.09. The van der Waals surface area contributed by atoms with E-state index in [-0.39, 0.29) is 0 Å². The van der Waals surface area contributed by atoms with Gasteiger partial charge in [0.15, 0.2) is 0 Å². The molecule has 0 aliphatic heterocycles. The molecular weight excluding hydrogens is 337 g/mol. The maximum absolute atomic E-state index is 6.15. The van der Waals surface area contributed by atoms with Crippen LogP contribution in [0.2, 0.25) is 14.4 Å². The van der Waals surface area contributed by atoms with E-state index in [0.29, 0.717) is 28.2 Å². The van der Waals surface area contributed by atoms with E-state index in [2.05, 4.69) is 22.5 Å². The summed E-state index contributed by atoms with van der Waals surface area (Å²) >= 11 is 19.7. The summed E-state index contributed by atoms with van der Waals surface area (Å²) in [6, 6.07) is 5.53. The van der Waals surface area contributed by atoms with Crippen molar-refractivity contribution < 1.29 is 0 Å². The minimum absolute atomic E-state index is 0.500. The molecule has 2 heterocycles. The quantitative estimate of drug-likeness (QED) is 0.718. The predicted molar refractivity (Wildman–Crippen MR) is 89.7 cm³/mol. The van der Waals surface area contributed by atoms with Crippen molar-refractivity contribution in [1.82, 2.24) is 4.98 Å². The monoisotopic (exact) mass is 349 g/mol. The van der Waals surface area contributed by atoms with Crippen LogP contribution in [0.4, 0.5) is 11.6 Å². The Hall–Kier alpha value is -0.680. The molecule has 0 bridgehead atoms. The van der Waals surface area contributed by atoms with Gasteiger partial charge in [0.1, 0.15) is 11.6 Å². The summed E-state index contributed by atoms with van der Waals surface area (Å²) in [5, 5.41) is 7.39. The van der Waals surface area contributed by atoms with Crippen LogP contribution < -0.4 is 10.6 Å². The van der Waals surface area contributed by atoms with E-state index in [1.807, 2.05) is 12.1 Å². The molecular formula is C13H14Cl3N3S. The Morgan fingerprint density at radius 2 is 1.80 bits per heavy atom. The second-order valence-electron chi connectivity index (χ2n) is 4.14. The number of nitrogens with one attached hydrogen (secondary N) is 2. The van der Waals surface area contributed by atoms with Gasteiger partial charge in [0.05, 0.1) is 20.9 Å². The molecule has 2 aromatic rings. The van der Waals surface area contributed by atoms with Crippen LogP contribution in [0, 0.1) is 0 Å². The van der Waals surface area contributed by atoms with Crippen LogP contribution in [0.3, 0.4) is 0 Å². The summed E-state index contributed by atoms with van der Waals surface area (Å²) < 4.78 is 0.766. The maximum atomic E-state index is 6.15. The molecule has 20 heavy (non-hydrogen) atoms. The van der Waals surface area contributed by atoms with Gasteiger partial charge in [-0.2, -0.15) is 0 Å².